The van der Waals surface area contributed by atoms with Crippen LogP contribution in [0.2, 0.25) is 5.02 Å². The van der Waals surface area contributed by atoms with Crippen molar-refractivity contribution in [3.8, 4) is 5.69 Å². The molecule has 0 bridgehead atoms. The molecule has 26 heavy (non-hydrogen) atoms. The molecule has 1 aromatic carbocycles. The molecule has 2 heterocycles. The first-order chi connectivity index (χ1) is 12.4. The Morgan fingerprint density at radius 1 is 1.35 bits per heavy atom. The van der Waals surface area contributed by atoms with E-state index in [1.807, 2.05) is 44.2 Å². The zero-order chi connectivity index (χ0) is 18.7. The quantitative estimate of drug-likeness (QED) is 0.643. The Labute approximate surface area is 157 Å². The van der Waals surface area contributed by atoms with Gasteiger partial charge in [-0.3, -0.25) is 4.79 Å². The maximum Gasteiger partial charge on any atom is 0.245 e. The molecule has 1 N–H and O–H groups in total. The number of aryl methyl sites for hydroxylation is 1. The van der Waals surface area contributed by atoms with Gasteiger partial charge in [0, 0.05) is 27.7 Å². The Morgan fingerprint density at radius 3 is 2.77 bits per heavy atom. The zero-order valence-corrected chi connectivity index (χ0v) is 15.8. The zero-order valence-electron chi connectivity index (χ0n) is 15.1. The van der Waals surface area contributed by atoms with E-state index < -0.39 is 5.79 Å². The van der Waals surface area contributed by atoms with Crippen molar-refractivity contribution < 1.29 is 14.3 Å². The van der Waals surface area contributed by atoms with Gasteiger partial charge in [0.1, 0.15) is 0 Å². The van der Waals surface area contributed by atoms with Crippen LogP contribution in [-0.4, -0.2) is 35.7 Å². The summed E-state index contributed by atoms with van der Waals surface area (Å²) in [6, 6.07) is 9.67. The number of aromatic nitrogens is 1. The summed E-state index contributed by atoms with van der Waals surface area (Å²) in [7, 11) is 0. The number of carbonyl (C=O) groups excluding carboxylic acids is 1. The molecule has 0 spiro atoms. The number of nitrogens with zero attached hydrogens (tertiary/aromatic N) is 2. The number of amides is 1. The van der Waals surface area contributed by atoms with Crippen LogP contribution in [0.15, 0.2) is 35.4 Å². The first-order valence-corrected chi connectivity index (χ1v) is 8.80. The minimum absolute atomic E-state index is 0.103. The number of hydrogen-bond donors (Lipinski definition) is 1. The molecule has 1 aliphatic rings. The van der Waals surface area contributed by atoms with Crippen molar-refractivity contribution in [2.24, 2.45) is 5.10 Å². The first-order valence-electron chi connectivity index (χ1n) is 8.43. The summed E-state index contributed by atoms with van der Waals surface area (Å²) in [4.78, 5) is 12.0. The van der Waals surface area contributed by atoms with Gasteiger partial charge in [0.05, 0.1) is 25.8 Å². The standard InChI is InChI=1S/C19H22ClN3O3/c1-13-9-15(14(2)23(13)17-6-4-5-16(20)10-17)12-21-22-18(24)11-19(3)25-7-8-26-19/h4-6,9-10,12H,7-8,11H2,1-3H3,(H,22,24)/b21-12-. The molecule has 0 saturated carbocycles. The van der Waals surface area contributed by atoms with Crippen molar-refractivity contribution in [2.45, 2.75) is 33.0 Å². The van der Waals surface area contributed by atoms with E-state index in [9.17, 15) is 4.79 Å². The normalized spacial score (nSPS) is 16.3. The molecule has 0 aliphatic carbocycles. The Hall–Kier alpha value is -2.15. The van der Waals surface area contributed by atoms with E-state index >= 15 is 0 Å². The summed E-state index contributed by atoms with van der Waals surface area (Å²) in [6.45, 7) is 6.77. The second-order valence-corrected chi connectivity index (χ2v) is 6.88. The second-order valence-electron chi connectivity index (χ2n) is 6.44. The monoisotopic (exact) mass is 375 g/mol. The van der Waals surface area contributed by atoms with E-state index in [0.717, 1.165) is 22.6 Å². The largest absolute Gasteiger partial charge is 0.347 e. The molecule has 1 fully saturated rings. The molecule has 0 atom stereocenters. The van der Waals surface area contributed by atoms with Gasteiger partial charge >= 0.3 is 0 Å². The molecule has 1 saturated heterocycles. The number of benzene rings is 1. The summed E-state index contributed by atoms with van der Waals surface area (Å²) in [6.07, 6.45) is 1.74. The molecule has 2 aromatic rings. The smallest absolute Gasteiger partial charge is 0.245 e. The highest BCUT2D eigenvalue weighted by molar-refractivity contribution is 6.30. The number of ether oxygens (including phenoxy) is 2. The third-order valence-corrected chi connectivity index (χ3v) is 4.54. The fourth-order valence-corrected chi connectivity index (χ4v) is 3.28. The van der Waals surface area contributed by atoms with E-state index in [1.165, 1.54) is 0 Å². The van der Waals surface area contributed by atoms with Crippen LogP contribution in [0.5, 0.6) is 0 Å². The lowest BCUT2D eigenvalue weighted by Gasteiger charge is -2.20. The van der Waals surface area contributed by atoms with Crippen LogP contribution >= 0.6 is 11.6 Å². The Morgan fingerprint density at radius 2 is 2.08 bits per heavy atom. The van der Waals surface area contributed by atoms with Crippen LogP contribution < -0.4 is 5.43 Å². The van der Waals surface area contributed by atoms with E-state index in [-0.39, 0.29) is 12.3 Å². The molecule has 0 unspecified atom stereocenters. The molecular weight excluding hydrogens is 354 g/mol. The van der Waals surface area contributed by atoms with E-state index in [1.54, 1.807) is 13.1 Å². The van der Waals surface area contributed by atoms with Crippen molar-refractivity contribution in [3.05, 3.63) is 52.3 Å². The first kappa shape index (κ1) is 18.6. The molecule has 1 aromatic heterocycles. The fraction of sp³-hybridized carbons (Fsp3) is 0.368. The summed E-state index contributed by atoms with van der Waals surface area (Å²) in [5.41, 5.74) is 6.50. The molecule has 6 nitrogen and oxygen atoms in total. The average molecular weight is 376 g/mol. The topological polar surface area (TPSA) is 64.8 Å². The van der Waals surface area contributed by atoms with Gasteiger partial charge in [-0.1, -0.05) is 17.7 Å². The highest BCUT2D eigenvalue weighted by atomic mass is 35.5. The van der Waals surface area contributed by atoms with E-state index in [0.29, 0.717) is 18.2 Å². The summed E-state index contributed by atoms with van der Waals surface area (Å²) in [5, 5.41) is 4.75. The van der Waals surface area contributed by atoms with Crippen LogP contribution in [0, 0.1) is 13.8 Å². The molecule has 138 valence electrons. The Kier molecular flexibility index (Phi) is 5.46. The van der Waals surface area contributed by atoms with Crippen LogP contribution in [0.4, 0.5) is 0 Å². The van der Waals surface area contributed by atoms with E-state index in [4.69, 9.17) is 21.1 Å². The maximum absolute atomic E-state index is 12.0. The minimum Gasteiger partial charge on any atom is -0.347 e. The number of rotatable bonds is 5. The van der Waals surface area contributed by atoms with Gasteiger partial charge in [0.25, 0.3) is 0 Å². The SMILES string of the molecule is Cc1cc(/C=N\NC(=O)CC2(C)OCCO2)c(C)n1-c1cccc(Cl)c1. The van der Waals surface area contributed by atoms with Crippen molar-refractivity contribution in [3.63, 3.8) is 0 Å². The molecular formula is C19H22ClN3O3. The van der Waals surface area contributed by atoms with Gasteiger partial charge in [-0.05, 0) is 45.0 Å². The number of hydrogen-bond acceptors (Lipinski definition) is 4. The highest BCUT2D eigenvalue weighted by Crippen LogP contribution is 2.23. The van der Waals surface area contributed by atoms with Crippen LogP contribution in [0.3, 0.4) is 0 Å². The van der Waals surface area contributed by atoms with Gasteiger partial charge < -0.3 is 14.0 Å². The number of hydrazone groups is 1. The second kappa shape index (κ2) is 7.61. The van der Waals surface area contributed by atoms with Crippen LogP contribution in [0.1, 0.15) is 30.3 Å². The lowest BCUT2D eigenvalue weighted by atomic mass is 10.2. The Bertz CT molecular complexity index is 839. The molecule has 1 aliphatic heterocycles. The van der Waals surface area contributed by atoms with Gasteiger partial charge in [0.15, 0.2) is 5.79 Å². The van der Waals surface area contributed by atoms with Gasteiger partial charge in [-0.25, -0.2) is 5.43 Å². The van der Waals surface area contributed by atoms with Crippen LogP contribution in [-0.2, 0) is 14.3 Å². The lowest BCUT2D eigenvalue weighted by Crippen LogP contribution is -2.33. The van der Waals surface area contributed by atoms with Crippen LogP contribution in [0.25, 0.3) is 5.69 Å². The molecule has 7 heteroatoms. The number of halogens is 1. The average Bonchev–Trinajstić information content (AvgIpc) is 3.11. The highest BCUT2D eigenvalue weighted by Gasteiger charge is 2.33. The minimum atomic E-state index is -0.859. The maximum atomic E-state index is 12.0. The van der Waals surface area contributed by atoms with Gasteiger partial charge in [-0.2, -0.15) is 5.10 Å². The predicted molar refractivity (Wildman–Crippen MR) is 101 cm³/mol. The summed E-state index contributed by atoms with van der Waals surface area (Å²) < 4.78 is 12.9. The number of carbonyl (C=O) groups is 1. The third kappa shape index (κ3) is 4.15. The van der Waals surface area contributed by atoms with Crippen molar-refractivity contribution in [2.75, 3.05) is 13.2 Å². The van der Waals surface area contributed by atoms with Gasteiger partial charge in [-0.15, -0.1) is 0 Å². The Balaban J connectivity index is 1.69. The van der Waals surface area contributed by atoms with Crippen molar-refractivity contribution in [1.29, 1.82) is 0 Å². The lowest BCUT2D eigenvalue weighted by molar-refractivity contribution is -0.159. The van der Waals surface area contributed by atoms with Gasteiger partial charge in [0.2, 0.25) is 5.91 Å². The summed E-state index contributed by atoms with van der Waals surface area (Å²) >= 11 is 6.10. The molecule has 3 rings (SSSR count). The third-order valence-electron chi connectivity index (χ3n) is 4.31. The fourth-order valence-electron chi connectivity index (χ4n) is 3.09. The number of nitrogens with one attached hydrogen (secondary N) is 1. The summed E-state index contributed by atoms with van der Waals surface area (Å²) in [5.74, 6) is -1.11. The molecule has 0 radical (unpaired) electrons. The van der Waals surface area contributed by atoms with Crippen molar-refractivity contribution in [1.82, 2.24) is 9.99 Å². The predicted octanol–water partition coefficient (Wildman–Crippen LogP) is 3.35. The van der Waals surface area contributed by atoms with Crippen molar-refractivity contribution >= 4 is 23.7 Å². The molecule has 1 amide bonds. The van der Waals surface area contributed by atoms with E-state index in [2.05, 4.69) is 15.1 Å².